The number of carbonyl (C=O) groups is 1. The van der Waals surface area contributed by atoms with Crippen molar-refractivity contribution in [3.8, 4) is 23.0 Å². The Labute approximate surface area is 221 Å². The van der Waals surface area contributed by atoms with Crippen LogP contribution in [0.1, 0.15) is 11.3 Å². The molecule has 0 saturated carbocycles. The Morgan fingerprint density at radius 3 is 2.24 bits per heavy atom. The molecule has 2 aromatic carbocycles. The number of hydrogen-bond donors (Lipinski definition) is 0. The van der Waals surface area contributed by atoms with Gasteiger partial charge in [-0.25, -0.2) is 0 Å². The Bertz CT molecular complexity index is 1260. The van der Waals surface area contributed by atoms with Crippen LogP contribution < -0.4 is 18.9 Å². The summed E-state index contributed by atoms with van der Waals surface area (Å²) in [4.78, 5) is 24.5. The van der Waals surface area contributed by atoms with Crippen molar-refractivity contribution < 1.29 is 33.3 Å². The van der Waals surface area contributed by atoms with Crippen LogP contribution in [0, 0.1) is 0 Å². The maximum Gasteiger partial charge on any atom is 0.263 e. The molecule has 0 atom stereocenters. The van der Waals surface area contributed by atoms with Gasteiger partial charge in [0.2, 0.25) is 0 Å². The normalized spacial score (nSPS) is 13.5. The van der Waals surface area contributed by atoms with E-state index in [1.807, 2.05) is 24.3 Å². The van der Waals surface area contributed by atoms with Gasteiger partial charge in [-0.1, -0.05) is 5.16 Å². The molecule has 0 spiro atoms. The number of morpholine rings is 1. The van der Waals surface area contributed by atoms with Crippen molar-refractivity contribution in [3.05, 3.63) is 53.9 Å². The van der Waals surface area contributed by atoms with E-state index in [1.165, 1.54) is 0 Å². The standard InChI is InChI=1S/C26H29N3O7.ClH/c1-31-20-6-5-18(14-21(20)32-2)25(28-36-16-24(30)29-9-11-35-12-10-29)26-19-15-23(34-4)22(33-3)13-17(19)7-8-27-26;/h5-8,13-15H,9-12,16H2,1-4H3;1H/b28-25+;. The third-order valence-corrected chi connectivity index (χ3v) is 5.86. The maximum atomic E-state index is 12.6. The van der Waals surface area contributed by atoms with E-state index in [2.05, 4.69) is 10.1 Å². The summed E-state index contributed by atoms with van der Waals surface area (Å²) >= 11 is 0. The first kappa shape index (κ1) is 27.8. The lowest BCUT2D eigenvalue weighted by Crippen LogP contribution is -2.42. The molecule has 0 bridgehead atoms. The number of amides is 1. The smallest absolute Gasteiger partial charge is 0.263 e. The molecule has 0 unspecified atom stereocenters. The SMILES string of the molecule is COc1ccc(/C(=N\OCC(=O)N2CCOCC2)c2nccc3cc(OC)c(OC)cc23)cc1OC.Cl. The van der Waals surface area contributed by atoms with E-state index in [0.717, 1.165) is 10.8 Å². The zero-order valence-electron chi connectivity index (χ0n) is 21.2. The van der Waals surface area contributed by atoms with Crippen molar-refractivity contribution in [1.82, 2.24) is 9.88 Å². The fourth-order valence-electron chi connectivity index (χ4n) is 3.96. The van der Waals surface area contributed by atoms with E-state index in [-0.39, 0.29) is 24.9 Å². The molecular formula is C26H30ClN3O7. The first-order chi connectivity index (χ1) is 17.6. The number of ether oxygens (including phenoxy) is 5. The number of pyridine rings is 1. The molecule has 0 N–H and O–H groups in total. The van der Waals surface area contributed by atoms with E-state index < -0.39 is 0 Å². The van der Waals surface area contributed by atoms with Crippen LogP contribution in [0.5, 0.6) is 23.0 Å². The molecule has 1 aliphatic heterocycles. The fourth-order valence-corrected chi connectivity index (χ4v) is 3.96. The lowest BCUT2D eigenvalue weighted by molar-refractivity contribution is -0.140. The second-order valence-electron chi connectivity index (χ2n) is 7.86. The van der Waals surface area contributed by atoms with E-state index in [9.17, 15) is 4.79 Å². The van der Waals surface area contributed by atoms with Crippen molar-refractivity contribution in [1.29, 1.82) is 0 Å². The number of hydrogen-bond acceptors (Lipinski definition) is 9. The molecule has 1 fully saturated rings. The van der Waals surface area contributed by atoms with Crippen LogP contribution in [0.25, 0.3) is 10.8 Å². The topological polar surface area (TPSA) is 101 Å². The van der Waals surface area contributed by atoms with Crippen LogP contribution >= 0.6 is 12.4 Å². The average Bonchev–Trinajstić information content (AvgIpc) is 2.94. The molecule has 37 heavy (non-hydrogen) atoms. The van der Waals surface area contributed by atoms with Crippen molar-refractivity contribution in [3.63, 3.8) is 0 Å². The molecule has 0 aliphatic carbocycles. The summed E-state index contributed by atoms with van der Waals surface area (Å²) in [6.45, 7) is 1.87. The number of carbonyl (C=O) groups excluding carboxylic acids is 1. The number of nitrogens with zero attached hydrogens (tertiary/aromatic N) is 3. The third kappa shape index (κ3) is 6.15. The van der Waals surface area contributed by atoms with Gasteiger partial charge < -0.3 is 33.4 Å². The zero-order valence-corrected chi connectivity index (χ0v) is 22.0. The first-order valence-corrected chi connectivity index (χ1v) is 11.4. The van der Waals surface area contributed by atoms with Gasteiger partial charge in [0.05, 0.1) is 41.7 Å². The zero-order chi connectivity index (χ0) is 25.5. The Morgan fingerprint density at radius 1 is 0.919 bits per heavy atom. The summed E-state index contributed by atoms with van der Waals surface area (Å²) in [5.41, 5.74) is 1.63. The van der Waals surface area contributed by atoms with Gasteiger partial charge in [0.1, 0.15) is 11.4 Å². The second-order valence-corrected chi connectivity index (χ2v) is 7.86. The Hall–Kier alpha value is -3.76. The highest BCUT2D eigenvalue weighted by molar-refractivity contribution is 6.18. The van der Waals surface area contributed by atoms with Crippen LogP contribution in [0.2, 0.25) is 0 Å². The minimum atomic E-state index is -0.210. The second kappa shape index (κ2) is 13.0. The van der Waals surface area contributed by atoms with Crippen LogP contribution in [-0.4, -0.2) is 82.9 Å². The number of fused-ring (bicyclic) bond motifs is 1. The summed E-state index contributed by atoms with van der Waals surface area (Å²) in [5.74, 6) is 2.08. The predicted octanol–water partition coefficient (Wildman–Crippen LogP) is 3.32. The molecule has 3 aromatic rings. The molecule has 1 aliphatic rings. The van der Waals surface area contributed by atoms with Gasteiger partial charge >= 0.3 is 0 Å². The summed E-state index contributed by atoms with van der Waals surface area (Å²) in [5, 5.41) is 6.03. The summed E-state index contributed by atoms with van der Waals surface area (Å²) < 4.78 is 27.1. The van der Waals surface area contributed by atoms with Crippen LogP contribution in [0.4, 0.5) is 0 Å². The molecule has 0 radical (unpaired) electrons. The average molecular weight is 532 g/mol. The minimum absolute atomic E-state index is 0. The number of rotatable bonds is 9. The summed E-state index contributed by atoms with van der Waals surface area (Å²) in [6, 6.07) is 11.0. The van der Waals surface area contributed by atoms with Gasteiger partial charge in [0.15, 0.2) is 29.6 Å². The third-order valence-electron chi connectivity index (χ3n) is 5.86. The lowest BCUT2D eigenvalue weighted by Gasteiger charge is -2.26. The van der Waals surface area contributed by atoms with Crippen molar-refractivity contribution in [2.75, 3.05) is 61.3 Å². The quantitative estimate of drug-likeness (QED) is 0.306. The number of oxime groups is 1. The molecule has 198 valence electrons. The molecule has 1 aromatic heterocycles. The summed E-state index contributed by atoms with van der Waals surface area (Å²) in [7, 11) is 6.28. The highest BCUT2D eigenvalue weighted by Crippen LogP contribution is 2.35. The lowest BCUT2D eigenvalue weighted by atomic mass is 10.0. The van der Waals surface area contributed by atoms with Gasteiger partial charge in [-0.3, -0.25) is 9.78 Å². The van der Waals surface area contributed by atoms with E-state index in [1.54, 1.807) is 51.7 Å². The predicted molar refractivity (Wildman–Crippen MR) is 141 cm³/mol. The largest absolute Gasteiger partial charge is 0.493 e. The molecule has 2 heterocycles. The Balaban J connectivity index is 0.00000380. The minimum Gasteiger partial charge on any atom is -0.493 e. The van der Waals surface area contributed by atoms with E-state index in [0.29, 0.717) is 66.3 Å². The number of halogens is 1. The molecule has 1 saturated heterocycles. The maximum absolute atomic E-state index is 12.6. The Kier molecular flexibility index (Phi) is 9.76. The highest BCUT2D eigenvalue weighted by atomic mass is 35.5. The molecule has 11 heteroatoms. The summed E-state index contributed by atoms with van der Waals surface area (Å²) in [6.07, 6.45) is 1.68. The van der Waals surface area contributed by atoms with Crippen LogP contribution in [0.15, 0.2) is 47.8 Å². The van der Waals surface area contributed by atoms with Crippen LogP contribution in [0.3, 0.4) is 0 Å². The van der Waals surface area contributed by atoms with Gasteiger partial charge in [-0.05, 0) is 41.8 Å². The van der Waals surface area contributed by atoms with Gasteiger partial charge in [-0.15, -0.1) is 12.4 Å². The first-order valence-electron chi connectivity index (χ1n) is 11.4. The van der Waals surface area contributed by atoms with Crippen molar-refractivity contribution in [2.45, 2.75) is 0 Å². The number of benzene rings is 2. The number of aromatic nitrogens is 1. The van der Waals surface area contributed by atoms with E-state index >= 15 is 0 Å². The molecule has 10 nitrogen and oxygen atoms in total. The van der Waals surface area contributed by atoms with Gasteiger partial charge in [-0.2, -0.15) is 0 Å². The highest BCUT2D eigenvalue weighted by Gasteiger charge is 2.20. The molecule has 1 amide bonds. The van der Waals surface area contributed by atoms with E-state index in [4.69, 9.17) is 28.5 Å². The van der Waals surface area contributed by atoms with Gasteiger partial charge in [0.25, 0.3) is 5.91 Å². The Morgan fingerprint density at radius 2 is 1.57 bits per heavy atom. The fraction of sp³-hybridized carbons (Fsp3) is 0.346. The van der Waals surface area contributed by atoms with Crippen LogP contribution in [-0.2, 0) is 14.4 Å². The molecule has 4 rings (SSSR count). The monoisotopic (exact) mass is 531 g/mol. The number of methoxy groups -OCH3 is 4. The van der Waals surface area contributed by atoms with Gasteiger partial charge in [0, 0.05) is 30.2 Å². The van der Waals surface area contributed by atoms with Crippen molar-refractivity contribution >= 4 is 34.8 Å². The van der Waals surface area contributed by atoms with Crippen molar-refractivity contribution in [2.24, 2.45) is 5.16 Å². The molecular weight excluding hydrogens is 502 g/mol.